The zero-order valence-electron chi connectivity index (χ0n) is 45.0. The number of carbonyl (C=O) groups excluding carboxylic acids is 11. The number of nitrogens with one attached hydrogen (secondary N) is 11. The van der Waals surface area contributed by atoms with Crippen molar-refractivity contribution >= 4 is 88.2 Å². The van der Waals surface area contributed by atoms with Crippen molar-refractivity contribution in [1.82, 2.24) is 58.5 Å². The fourth-order valence-corrected chi connectivity index (χ4v) is 8.41. The highest BCUT2D eigenvalue weighted by molar-refractivity contribution is 6.35. The van der Waals surface area contributed by atoms with E-state index in [-0.39, 0.29) is 86.2 Å². The van der Waals surface area contributed by atoms with Crippen LogP contribution in [0.2, 0.25) is 10.0 Å². The van der Waals surface area contributed by atoms with Gasteiger partial charge in [-0.15, -0.1) is 0 Å². The lowest BCUT2D eigenvalue weighted by Crippen LogP contribution is -2.62. The maximum Gasteiger partial charge on any atom is 0.252 e. The molecule has 31 heteroatoms. The first kappa shape index (κ1) is 68.8. The van der Waals surface area contributed by atoms with Crippen LogP contribution in [-0.2, 0) is 47.9 Å². The second kappa shape index (κ2) is 34.6. The van der Waals surface area contributed by atoms with Gasteiger partial charge in [0.25, 0.3) is 5.91 Å². The average molecular weight is 1160 g/mol. The lowest BCUT2D eigenvalue weighted by Gasteiger charge is -2.28. The predicted molar refractivity (Wildman–Crippen MR) is 290 cm³/mol. The van der Waals surface area contributed by atoms with Crippen LogP contribution in [0.4, 0.5) is 0 Å². The Labute approximate surface area is 467 Å². The van der Waals surface area contributed by atoms with Crippen LogP contribution < -0.4 is 87.2 Å². The number of carbonyl (C=O) groups is 11. The number of aliphatic hydroxyl groups is 2. The number of nitrogens with two attached hydrogens (primary N) is 5. The summed E-state index contributed by atoms with van der Waals surface area (Å²) in [6, 6.07) is -11.1. The van der Waals surface area contributed by atoms with Gasteiger partial charge in [-0.05, 0) is 109 Å². The van der Waals surface area contributed by atoms with E-state index < -0.39 is 157 Å². The summed E-state index contributed by atoms with van der Waals surface area (Å²) >= 11 is 12.1. The summed E-state index contributed by atoms with van der Waals surface area (Å²) in [5.74, 6) is -10.7. The molecule has 1 aliphatic heterocycles. The zero-order valence-corrected chi connectivity index (χ0v) is 46.5. The van der Waals surface area contributed by atoms with Crippen molar-refractivity contribution in [2.45, 2.75) is 152 Å². The molecule has 2 rings (SSSR count). The molecule has 1 heterocycles. The lowest BCUT2D eigenvalue weighted by molar-refractivity contribution is -0.136. The molecular formula is C48H80Cl2N16O13. The largest absolute Gasteiger partial charge is 0.391 e. The van der Waals surface area contributed by atoms with Gasteiger partial charge < -0.3 is 97.4 Å². The van der Waals surface area contributed by atoms with Gasteiger partial charge >= 0.3 is 0 Å². The van der Waals surface area contributed by atoms with Crippen molar-refractivity contribution in [1.29, 1.82) is 0 Å². The zero-order chi connectivity index (χ0) is 59.7. The number of hydrogen-bond acceptors (Lipinski definition) is 18. The van der Waals surface area contributed by atoms with E-state index in [9.17, 15) is 63.0 Å². The molecule has 11 amide bonds. The van der Waals surface area contributed by atoms with E-state index in [0.29, 0.717) is 0 Å². The van der Waals surface area contributed by atoms with Crippen molar-refractivity contribution in [2.24, 2.45) is 34.6 Å². The molecule has 1 aromatic carbocycles. The standard InChI is InChI=1S/C48H80Cl2N16O13/c1-6-28-39(70)59-29(7-12-51)40(71)61-32(10-15-54)44(75)65-36(23(4)67)47(78)56-16-11-33(42(73)60-30(8-13-52)41(72)63-34(17-22(2)3)45(76)57-28)62-46(77)35(21-55)64-48(79)37(24(5)68)66-43(74)31(9-14-53)58-38(69)25-18-26(49)20-27(50)19-25/h18-20,22-24,28-37,67-68H,6-17,21,51-55H2,1-5H3,(H,56,78)(H,57,76)(H,58,69)(H,59,70)(H,60,73)(H,61,71)(H,62,77)(H,63,72)(H,64,79)(H,65,75)(H,66,74)/t23-,24-,28+,29+,30+,31+,32+,33+,34-,35+,36+,37+/m1/s1. The van der Waals surface area contributed by atoms with Crippen LogP contribution in [0.5, 0.6) is 0 Å². The third-order valence-electron chi connectivity index (χ3n) is 12.2. The van der Waals surface area contributed by atoms with Gasteiger partial charge in [0.15, 0.2) is 0 Å². The number of rotatable bonds is 22. The summed E-state index contributed by atoms with van der Waals surface area (Å²) in [5.41, 5.74) is 29.1. The molecular weight excluding hydrogens is 1080 g/mol. The normalized spacial score (nSPS) is 23.3. The minimum Gasteiger partial charge on any atom is -0.391 e. The van der Waals surface area contributed by atoms with E-state index in [4.69, 9.17) is 51.9 Å². The Morgan fingerprint density at radius 3 is 1.54 bits per heavy atom. The Balaban J connectivity index is 2.59. The SMILES string of the molecule is CC[C@@H]1NC(=O)[C@@H](CC(C)C)NC(=O)[C@H](CCN)NC(=O)[C@@H](NC(=O)[C@H](CN)NC(=O)[C@@H](NC(=O)[C@H](CCN)NC(=O)c2cc(Cl)cc(Cl)c2)[C@@H](C)O)CCNC(=O)[C@H]([C@@H](C)O)NC(=O)[C@H](CCN)NC(=O)[C@H](CCN)NC1=O. The van der Waals surface area contributed by atoms with E-state index in [2.05, 4.69) is 58.5 Å². The highest BCUT2D eigenvalue weighted by Gasteiger charge is 2.37. The van der Waals surface area contributed by atoms with Crippen molar-refractivity contribution in [3.8, 4) is 0 Å². The second-order valence-corrected chi connectivity index (χ2v) is 20.1. The number of benzene rings is 1. The van der Waals surface area contributed by atoms with Crippen LogP contribution in [0.25, 0.3) is 0 Å². The minimum absolute atomic E-state index is 0.00263. The molecule has 0 bridgehead atoms. The average Bonchev–Trinajstić information content (AvgIpc) is 3.37. The Hall–Kier alpha value is -6.31. The molecule has 444 valence electrons. The summed E-state index contributed by atoms with van der Waals surface area (Å²) in [5, 5.41) is 48.8. The Bertz CT molecular complexity index is 2260. The summed E-state index contributed by atoms with van der Waals surface area (Å²) < 4.78 is 0. The smallest absolute Gasteiger partial charge is 0.252 e. The molecule has 79 heavy (non-hydrogen) atoms. The molecule has 0 saturated carbocycles. The lowest BCUT2D eigenvalue weighted by atomic mass is 10.0. The van der Waals surface area contributed by atoms with Crippen LogP contribution in [-0.4, -0.2) is 187 Å². The monoisotopic (exact) mass is 1160 g/mol. The van der Waals surface area contributed by atoms with Crippen LogP contribution in [0.1, 0.15) is 89.9 Å². The quantitative estimate of drug-likeness (QED) is 0.0513. The van der Waals surface area contributed by atoms with E-state index in [0.717, 1.165) is 6.92 Å². The number of hydrogen-bond donors (Lipinski definition) is 18. The van der Waals surface area contributed by atoms with Crippen LogP contribution in [0, 0.1) is 5.92 Å². The van der Waals surface area contributed by atoms with E-state index >= 15 is 0 Å². The van der Waals surface area contributed by atoms with E-state index in [1.54, 1.807) is 20.8 Å². The molecule has 0 aromatic heterocycles. The van der Waals surface area contributed by atoms with Gasteiger partial charge in [-0.1, -0.05) is 44.0 Å². The predicted octanol–water partition coefficient (Wildman–Crippen LogP) is -6.45. The molecule has 0 radical (unpaired) electrons. The van der Waals surface area contributed by atoms with Gasteiger partial charge in [0.05, 0.1) is 12.2 Å². The Kier molecular flexibility index (Phi) is 30.2. The fraction of sp³-hybridized carbons (Fsp3) is 0.646. The number of aliphatic hydroxyl groups excluding tert-OH is 2. The number of halogens is 2. The van der Waals surface area contributed by atoms with Crippen molar-refractivity contribution < 1.29 is 63.0 Å². The van der Waals surface area contributed by atoms with Crippen molar-refractivity contribution in [3.63, 3.8) is 0 Å². The maximum absolute atomic E-state index is 14.3. The van der Waals surface area contributed by atoms with E-state index in [1.165, 1.54) is 25.1 Å². The molecule has 1 aromatic rings. The first-order chi connectivity index (χ1) is 37.2. The molecule has 23 N–H and O–H groups in total. The van der Waals surface area contributed by atoms with Gasteiger partial charge in [0, 0.05) is 28.7 Å². The summed E-state index contributed by atoms with van der Waals surface area (Å²) in [7, 11) is 0. The topological polar surface area (TPSA) is 491 Å². The summed E-state index contributed by atoms with van der Waals surface area (Å²) in [6.07, 6.45) is -4.32. The van der Waals surface area contributed by atoms with Crippen molar-refractivity contribution in [2.75, 3.05) is 39.3 Å². The fourth-order valence-electron chi connectivity index (χ4n) is 7.89. The Morgan fingerprint density at radius 1 is 0.595 bits per heavy atom. The van der Waals surface area contributed by atoms with E-state index in [1.807, 2.05) is 0 Å². The molecule has 0 spiro atoms. The summed E-state index contributed by atoms with van der Waals surface area (Å²) in [4.78, 5) is 151. The van der Waals surface area contributed by atoms with Crippen LogP contribution >= 0.6 is 23.2 Å². The maximum atomic E-state index is 14.3. The van der Waals surface area contributed by atoms with Gasteiger partial charge in [-0.3, -0.25) is 52.7 Å². The molecule has 29 nitrogen and oxygen atoms in total. The number of amides is 11. The first-order valence-corrected chi connectivity index (χ1v) is 26.7. The first-order valence-electron chi connectivity index (χ1n) is 25.9. The second-order valence-electron chi connectivity index (χ2n) is 19.2. The molecule has 1 saturated heterocycles. The Morgan fingerprint density at radius 2 is 1.08 bits per heavy atom. The molecule has 1 aliphatic rings. The highest BCUT2D eigenvalue weighted by atomic mass is 35.5. The van der Waals surface area contributed by atoms with Gasteiger partial charge in [-0.2, -0.15) is 0 Å². The highest BCUT2D eigenvalue weighted by Crippen LogP contribution is 2.19. The van der Waals surface area contributed by atoms with Gasteiger partial charge in [0.1, 0.15) is 60.4 Å². The molecule has 1 fully saturated rings. The third kappa shape index (κ3) is 22.8. The minimum atomic E-state index is -1.78. The van der Waals surface area contributed by atoms with Crippen LogP contribution in [0.3, 0.4) is 0 Å². The summed E-state index contributed by atoms with van der Waals surface area (Å²) in [6.45, 7) is 5.72. The van der Waals surface area contributed by atoms with Gasteiger partial charge in [0.2, 0.25) is 59.1 Å². The van der Waals surface area contributed by atoms with Gasteiger partial charge in [-0.25, -0.2) is 0 Å². The molecule has 0 unspecified atom stereocenters. The molecule has 0 aliphatic carbocycles. The van der Waals surface area contributed by atoms with Crippen molar-refractivity contribution in [3.05, 3.63) is 33.8 Å². The molecule has 12 atom stereocenters. The third-order valence-corrected chi connectivity index (χ3v) is 12.6. The van der Waals surface area contributed by atoms with Crippen LogP contribution in [0.15, 0.2) is 18.2 Å².